The van der Waals surface area contributed by atoms with Gasteiger partial charge in [-0.2, -0.15) is 4.39 Å². The molecule has 1 N–H and O–H groups in total. The van der Waals surface area contributed by atoms with Gasteiger partial charge in [-0.25, -0.2) is 24.0 Å². The molecule has 3 aliphatic heterocycles. The molecule has 11 nitrogen and oxygen atoms in total. The minimum atomic E-state index is -1.11. The Morgan fingerprint density at radius 3 is 2.54 bits per heavy atom. The van der Waals surface area contributed by atoms with E-state index in [-0.39, 0.29) is 25.6 Å². The molecule has 1 aromatic heterocycles. The van der Waals surface area contributed by atoms with Gasteiger partial charge in [-0.3, -0.25) is 10.3 Å². The Kier molecular flexibility index (Phi) is 10.4. The average molecular weight is 695 g/mol. The molecule has 4 heterocycles. The van der Waals surface area contributed by atoms with Gasteiger partial charge in [0.1, 0.15) is 23.2 Å². The van der Waals surface area contributed by atoms with E-state index in [9.17, 15) is 18.4 Å². The zero-order valence-corrected chi connectivity index (χ0v) is 28.9. The van der Waals surface area contributed by atoms with Gasteiger partial charge in [0.05, 0.1) is 31.3 Å². The minimum absolute atomic E-state index is 0.0110. The number of rotatable bonds is 9. The number of hydrazine groups is 1. The first kappa shape index (κ1) is 35.6. The second kappa shape index (κ2) is 14.6. The van der Waals surface area contributed by atoms with Crippen molar-refractivity contribution in [1.82, 2.24) is 20.3 Å². The quantitative estimate of drug-likeness (QED) is 0.206. The molecule has 3 fully saturated rings. The molecule has 2 aromatic carbocycles. The van der Waals surface area contributed by atoms with E-state index in [1.54, 1.807) is 87.0 Å². The molecule has 0 aliphatic carbocycles. The molecule has 2 amide bonds. The van der Waals surface area contributed by atoms with E-state index in [2.05, 4.69) is 10.4 Å². The van der Waals surface area contributed by atoms with Crippen LogP contribution in [-0.4, -0.2) is 82.7 Å². The summed E-state index contributed by atoms with van der Waals surface area (Å²) >= 11 is 0. The number of halogens is 2. The van der Waals surface area contributed by atoms with Crippen LogP contribution >= 0.6 is 0 Å². The van der Waals surface area contributed by atoms with Crippen molar-refractivity contribution in [2.75, 3.05) is 19.8 Å². The highest BCUT2D eigenvalue weighted by atomic mass is 19.1. The van der Waals surface area contributed by atoms with Gasteiger partial charge in [0.15, 0.2) is 6.29 Å². The maximum absolute atomic E-state index is 14.9. The van der Waals surface area contributed by atoms with Crippen LogP contribution in [0.15, 0.2) is 66.9 Å². The summed E-state index contributed by atoms with van der Waals surface area (Å²) in [4.78, 5) is 32.4. The van der Waals surface area contributed by atoms with Crippen molar-refractivity contribution in [2.45, 2.75) is 89.9 Å². The number of pyridine rings is 1. The van der Waals surface area contributed by atoms with Crippen LogP contribution in [0.5, 0.6) is 0 Å². The molecule has 6 rings (SSSR count). The summed E-state index contributed by atoms with van der Waals surface area (Å²) < 4.78 is 58.7. The van der Waals surface area contributed by atoms with Gasteiger partial charge in [0.25, 0.3) is 0 Å². The van der Waals surface area contributed by atoms with Crippen LogP contribution in [0.2, 0.25) is 0 Å². The molecular formula is C37H44F2N4O7. The van der Waals surface area contributed by atoms with Gasteiger partial charge in [0.2, 0.25) is 5.95 Å². The summed E-state index contributed by atoms with van der Waals surface area (Å²) in [6.45, 7) is 9.73. The van der Waals surface area contributed by atoms with Crippen molar-refractivity contribution >= 4 is 12.2 Å². The molecular weight excluding hydrogens is 650 g/mol. The molecule has 268 valence electrons. The summed E-state index contributed by atoms with van der Waals surface area (Å²) in [7, 11) is 0. The molecule has 0 bridgehead atoms. The summed E-state index contributed by atoms with van der Waals surface area (Å²) in [6, 6.07) is 16.4. The summed E-state index contributed by atoms with van der Waals surface area (Å²) in [6.07, 6.45) is -0.400. The molecule has 5 atom stereocenters. The number of carbonyl (C=O) groups excluding carboxylic acids is 2. The number of aromatic nitrogens is 1. The van der Waals surface area contributed by atoms with Gasteiger partial charge in [-0.15, -0.1) is 0 Å². The Labute approximate surface area is 290 Å². The van der Waals surface area contributed by atoms with Crippen molar-refractivity contribution in [2.24, 2.45) is 5.92 Å². The van der Waals surface area contributed by atoms with Crippen LogP contribution in [0.4, 0.5) is 18.4 Å². The van der Waals surface area contributed by atoms with Crippen molar-refractivity contribution in [3.63, 3.8) is 0 Å². The molecule has 0 radical (unpaired) electrons. The Balaban J connectivity index is 1.27. The maximum Gasteiger partial charge on any atom is 0.422 e. The highest BCUT2D eigenvalue weighted by Gasteiger charge is 2.52. The predicted octanol–water partition coefficient (Wildman–Crippen LogP) is 6.21. The van der Waals surface area contributed by atoms with E-state index >= 15 is 0 Å². The number of fused-ring (bicyclic) bond motifs is 1. The van der Waals surface area contributed by atoms with E-state index in [0.29, 0.717) is 36.1 Å². The zero-order valence-electron chi connectivity index (χ0n) is 28.9. The fourth-order valence-electron chi connectivity index (χ4n) is 6.82. The predicted molar refractivity (Wildman–Crippen MR) is 178 cm³/mol. The first-order valence-electron chi connectivity index (χ1n) is 16.9. The number of benzene rings is 2. The number of amides is 2. The highest BCUT2D eigenvalue weighted by Crippen LogP contribution is 2.37. The average Bonchev–Trinajstić information content (AvgIpc) is 3.72. The molecule has 3 aromatic rings. The third-order valence-electron chi connectivity index (χ3n) is 9.05. The van der Waals surface area contributed by atoms with Crippen molar-refractivity contribution < 1.29 is 42.1 Å². The van der Waals surface area contributed by atoms with Crippen molar-refractivity contribution in [1.29, 1.82) is 0 Å². The molecule has 50 heavy (non-hydrogen) atoms. The highest BCUT2D eigenvalue weighted by molar-refractivity contribution is 5.70. The number of hydrogen-bond donors (Lipinski definition) is 1. The Bertz CT molecular complexity index is 1670. The molecule has 0 saturated carbocycles. The standard InChI is InChI=1S/C37H44F2N4O7/c1-36(2,3)50-35(45)43-29(19-23-12-14-24(15-13-23)26-10-8-17-40-32(26)39)30(49-37(43,4)5)21-42(20-25-9-6-7-11-28(25)38)41-34(44)48-31-22-47-33-27(31)16-18-46-33/h6-15,17,27,29-31,33H,16,18-22H2,1-5H3,(H,41,44)/t27-,29+,30-,31-,33+/m0/s1. The van der Waals surface area contributed by atoms with E-state index in [1.807, 2.05) is 12.1 Å². The van der Waals surface area contributed by atoms with E-state index in [0.717, 1.165) is 5.56 Å². The van der Waals surface area contributed by atoms with E-state index in [4.69, 9.17) is 23.7 Å². The molecule has 13 heteroatoms. The number of carbonyl (C=O) groups is 2. The van der Waals surface area contributed by atoms with Gasteiger partial charge in [-0.1, -0.05) is 42.5 Å². The van der Waals surface area contributed by atoms with Crippen LogP contribution in [0.25, 0.3) is 11.1 Å². The normalized spacial score (nSPS) is 24.3. The van der Waals surface area contributed by atoms with Crippen LogP contribution in [0, 0.1) is 17.7 Å². The van der Waals surface area contributed by atoms with Crippen LogP contribution in [0.1, 0.15) is 52.2 Å². The minimum Gasteiger partial charge on any atom is -0.444 e. The van der Waals surface area contributed by atoms with Gasteiger partial charge < -0.3 is 23.7 Å². The van der Waals surface area contributed by atoms with Gasteiger partial charge in [0, 0.05) is 30.4 Å². The lowest BCUT2D eigenvalue weighted by Crippen LogP contribution is -2.53. The van der Waals surface area contributed by atoms with Crippen molar-refractivity contribution in [3.8, 4) is 11.1 Å². The lowest BCUT2D eigenvalue weighted by Gasteiger charge is -2.35. The summed E-state index contributed by atoms with van der Waals surface area (Å²) in [5, 5.41) is 1.54. The molecule has 0 unspecified atom stereocenters. The third kappa shape index (κ3) is 8.23. The van der Waals surface area contributed by atoms with Crippen LogP contribution in [0.3, 0.4) is 0 Å². The Morgan fingerprint density at radius 1 is 1.06 bits per heavy atom. The number of nitrogens with zero attached hydrogens (tertiary/aromatic N) is 3. The van der Waals surface area contributed by atoms with Gasteiger partial charge >= 0.3 is 12.2 Å². The van der Waals surface area contributed by atoms with Gasteiger partial charge in [-0.05, 0) is 76.8 Å². The first-order valence-corrected chi connectivity index (χ1v) is 16.9. The number of nitrogens with one attached hydrogen (secondary N) is 1. The fraction of sp³-hybridized carbons (Fsp3) is 0.486. The monoisotopic (exact) mass is 694 g/mol. The number of hydrogen-bond acceptors (Lipinski definition) is 9. The maximum atomic E-state index is 14.9. The zero-order chi connectivity index (χ0) is 35.6. The SMILES string of the molecule is CC(C)(C)OC(=O)N1[C@H](Cc2ccc(-c3cccnc3F)cc2)[C@H](CN(Cc2ccccc2F)NC(=O)O[C@H]2CO[C@H]3OCC[C@H]32)OC1(C)C. The van der Waals surface area contributed by atoms with Crippen LogP contribution in [-0.2, 0) is 36.6 Å². The Morgan fingerprint density at radius 2 is 1.82 bits per heavy atom. The lowest BCUT2D eigenvalue weighted by atomic mass is 9.97. The van der Waals surface area contributed by atoms with E-state index in [1.165, 1.54) is 12.3 Å². The summed E-state index contributed by atoms with van der Waals surface area (Å²) in [5.74, 6) is -1.07. The lowest BCUT2D eigenvalue weighted by molar-refractivity contribution is -0.0909. The second-order valence-electron chi connectivity index (χ2n) is 14.3. The fourth-order valence-corrected chi connectivity index (χ4v) is 6.82. The first-order chi connectivity index (χ1) is 23.8. The second-order valence-corrected chi connectivity index (χ2v) is 14.3. The van der Waals surface area contributed by atoms with Crippen LogP contribution < -0.4 is 5.43 Å². The molecule has 3 saturated heterocycles. The third-order valence-corrected chi connectivity index (χ3v) is 9.05. The topological polar surface area (TPSA) is 112 Å². The molecule has 3 aliphatic rings. The Hall–Kier alpha value is -4.17. The summed E-state index contributed by atoms with van der Waals surface area (Å²) in [5.41, 5.74) is 3.14. The largest absolute Gasteiger partial charge is 0.444 e. The smallest absolute Gasteiger partial charge is 0.422 e. The molecule has 0 spiro atoms. The van der Waals surface area contributed by atoms with E-state index < -0.39 is 59.8 Å². The van der Waals surface area contributed by atoms with Crippen molar-refractivity contribution in [3.05, 3.63) is 89.8 Å². The number of ether oxygens (including phenoxy) is 5.